The Bertz CT molecular complexity index is 622. The van der Waals surface area contributed by atoms with E-state index in [1.54, 1.807) is 36.7 Å². The Hall–Kier alpha value is -2.93. The van der Waals surface area contributed by atoms with Crippen molar-refractivity contribution in [2.45, 2.75) is 6.42 Å². The predicted molar refractivity (Wildman–Crippen MR) is 81.0 cm³/mol. The van der Waals surface area contributed by atoms with Gasteiger partial charge < -0.3 is 20.9 Å². The maximum atomic E-state index is 10.7. The van der Waals surface area contributed by atoms with Gasteiger partial charge in [-0.3, -0.25) is 0 Å². The molecule has 116 valence electrons. The number of hydrogen-bond donors (Lipinski definition) is 4. The number of aromatic nitrogens is 2. The molecule has 7 nitrogen and oxygen atoms in total. The van der Waals surface area contributed by atoms with Gasteiger partial charge >= 0.3 is 11.9 Å². The first-order chi connectivity index (χ1) is 10.5. The summed E-state index contributed by atoms with van der Waals surface area (Å²) in [5, 5.41) is 17.2. The van der Waals surface area contributed by atoms with Crippen molar-refractivity contribution in [3.63, 3.8) is 0 Å². The van der Waals surface area contributed by atoms with Gasteiger partial charge in [0.05, 0.1) is 17.6 Å². The van der Waals surface area contributed by atoms with E-state index >= 15 is 0 Å². The summed E-state index contributed by atoms with van der Waals surface area (Å²) >= 11 is 0. The zero-order valence-corrected chi connectivity index (χ0v) is 11.8. The van der Waals surface area contributed by atoms with Gasteiger partial charge in [0.25, 0.3) is 0 Å². The van der Waals surface area contributed by atoms with E-state index in [2.05, 4.69) is 9.97 Å². The van der Waals surface area contributed by atoms with Crippen molar-refractivity contribution in [1.29, 1.82) is 0 Å². The topological polar surface area (TPSA) is 129 Å². The van der Waals surface area contributed by atoms with E-state index in [1.165, 1.54) is 0 Å². The van der Waals surface area contributed by atoms with Crippen molar-refractivity contribution >= 4 is 17.5 Å². The van der Waals surface area contributed by atoms with Crippen LogP contribution in [0.1, 0.15) is 11.3 Å². The highest BCUT2D eigenvalue weighted by Crippen LogP contribution is 2.13. The molecule has 5 N–H and O–H groups in total. The molecular weight excluding hydrogens is 286 g/mol. The number of aromatic amines is 1. The van der Waals surface area contributed by atoms with E-state index in [0.717, 1.165) is 12.1 Å². The molecule has 7 heteroatoms. The number of nitrogens with two attached hydrogens (primary N) is 1. The van der Waals surface area contributed by atoms with Crippen LogP contribution in [0.4, 0.5) is 0 Å². The SMILES string of the molecule is NCCc1c[nH]cn1.O=C(O)/C=C(\C(=O)O)c1ccccc1. The predicted octanol–water partition coefficient (Wildman–Crippen LogP) is 1.15. The van der Waals surface area contributed by atoms with Crippen molar-refractivity contribution in [2.24, 2.45) is 5.73 Å². The van der Waals surface area contributed by atoms with Crippen molar-refractivity contribution in [1.82, 2.24) is 9.97 Å². The highest BCUT2D eigenvalue weighted by molar-refractivity contribution is 6.19. The first-order valence-electron chi connectivity index (χ1n) is 6.45. The minimum Gasteiger partial charge on any atom is -0.478 e. The Morgan fingerprint density at radius 3 is 2.36 bits per heavy atom. The molecule has 2 aromatic rings. The van der Waals surface area contributed by atoms with E-state index in [-0.39, 0.29) is 5.57 Å². The molecule has 22 heavy (non-hydrogen) atoms. The van der Waals surface area contributed by atoms with E-state index in [9.17, 15) is 9.59 Å². The van der Waals surface area contributed by atoms with Gasteiger partial charge in [0.1, 0.15) is 0 Å². The summed E-state index contributed by atoms with van der Waals surface area (Å²) in [7, 11) is 0. The average molecular weight is 303 g/mol. The van der Waals surface area contributed by atoms with Crippen LogP contribution in [0.5, 0.6) is 0 Å². The van der Waals surface area contributed by atoms with Crippen LogP contribution in [-0.4, -0.2) is 38.7 Å². The van der Waals surface area contributed by atoms with Crippen LogP contribution in [0.25, 0.3) is 5.57 Å². The zero-order valence-electron chi connectivity index (χ0n) is 11.8. The highest BCUT2D eigenvalue weighted by Gasteiger charge is 2.11. The van der Waals surface area contributed by atoms with Gasteiger partial charge in [0.15, 0.2) is 0 Å². The van der Waals surface area contributed by atoms with Crippen LogP contribution < -0.4 is 5.73 Å². The molecular formula is C15H17N3O4. The van der Waals surface area contributed by atoms with Crippen LogP contribution in [0.15, 0.2) is 48.9 Å². The van der Waals surface area contributed by atoms with Crippen LogP contribution in [0.3, 0.4) is 0 Å². The molecule has 1 heterocycles. The molecule has 0 saturated carbocycles. The van der Waals surface area contributed by atoms with E-state index in [4.69, 9.17) is 15.9 Å². The Morgan fingerprint density at radius 1 is 1.23 bits per heavy atom. The normalized spacial score (nSPS) is 10.5. The number of rotatable bonds is 5. The Morgan fingerprint density at radius 2 is 1.91 bits per heavy atom. The van der Waals surface area contributed by atoms with Gasteiger partial charge in [0, 0.05) is 18.7 Å². The quantitative estimate of drug-likeness (QED) is 0.613. The van der Waals surface area contributed by atoms with Crippen molar-refractivity contribution in [3.05, 3.63) is 60.2 Å². The number of aliphatic carboxylic acids is 2. The van der Waals surface area contributed by atoms with E-state index in [0.29, 0.717) is 18.2 Å². The molecule has 0 radical (unpaired) electrons. The molecule has 0 fully saturated rings. The minimum absolute atomic E-state index is 0.224. The summed E-state index contributed by atoms with van der Waals surface area (Å²) in [4.78, 5) is 27.9. The molecule has 0 spiro atoms. The average Bonchev–Trinajstić information content (AvgIpc) is 2.99. The summed E-state index contributed by atoms with van der Waals surface area (Å²) in [6.07, 6.45) is 5.05. The van der Waals surface area contributed by atoms with Gasteiger partial charge in [-0.1, -0.05) is 30.3 Å². The second-order valence-electron chi connectivity index (χ2n) is 4.17. The first kappa shape index (κ1) is 17.1. The van der Waals surface area contributed by atoms with Gasteiger partial charge in [-0.25, -0.2) is 14.6 Å². The Labute approximate surface area is 127 Å². The molecule has 0 unspecified atom stereocenters. The van der Waals surface area contributed by atoms with Gasteiger partial charge in [0.2, 0.25) is 0 Å². The fraction of sp³-hybridized carbons (Fsp3) is 0.133. The molecule has 0 amide bonds. The third-order valence-corrected chi connectivity index (χ3v) is 2.54. The second kappa shape index (κ2) is 9.09. The fourth-order valence-corrected chi connectivity index (χ4v) is 1.59. The molecule has 0 aliphatic carbocycles. The number of hydrogen-bond acceptors (Lipinski definition) is 4. The maximum Gasteiger partial charge on any atom is 0.336 e. The maximum absolute atomic E-state index is 10.7. The number of imidazole rings is 1. The number of nitrogens with one attached hydrogen (secondary N) is 1. The van der Waals surface area contributed by atoms with Crippen LogP contribution in [0, 0.1) is 0 Å². The third-order valence-electron chi connectivity index (χ3n) is 2.54. The Balaban J connectivity index is 0.000000255. The molecule has 0 aliphatic heterocycles. The summed E-state index contributed by atoms with van der Waals surface area (Å²) in [6, 6.07) is 8.11. The summed E-state index contributed by atoms with van der Waals surface area (Å²) in [5.41, 5.74) is 6.45. The van der Waals surface area contributed by atoms with Crippen LogP contribution in [0.2, 0.25) is 0 Å². The summed E-state index contributed by atoms with van der Waals surface area (Å²) < 4.78 is 0. The molecule has 1 aromatic heterocycles. The number of nitrogens with zero attached hydrogens (tertiary/aromatic N) is 1. The Kier molecular flexibility index (Phi) is 7.07. The second-order valence-corrected chi connectivity index (χ2v) is 4.17. The monoisotopic (exact) mass is 303 g/mol. The number of carboxylic acids is 2. The molecule has 0 saturated heterocycles. The lowest BCUT2D eigenvalue weighted by Crippen LogP contribution is -2.02. The third kappa shape index (κ3) is 6.02. The molecule has 0 bridgehead atoms. The zero-order chi connectivity index (χ0) is 16.4. The van der Waals surface area contributed by atoms with E-state index in [1.807, 2.05) is 6.20 Å². The number of H-pyrrole nitrogens is 1. The number of benzene rings is 1. The molecule has 0 atom stereocenters. The van der Waals surface area contributed by atoms with Crippen LogP contribution >= 0.6 is 0 Å². The highest BCUT2D eigenvalue weighted by atomic mass is 16.4. The van der Waals surface area contributed by atoms with Crippen LogP contribution in [-0.2, 0) is 16.0 Å². The standard InChI is InChI=1S/C10H8O4.C5H9N3/c11-9(12)6-8(10(13)14)7-4-2-1-3-5-7;6-2-1-5-3-7-4-8-5/h1-6H,(H,11,12)(H,13,14);3-4H,1-2,6H2,(H,7,8)/b8-6-;. The molecule has 0 aliphatic rings. The van der Waals surface area contributed by atoms with Gasteiger partial charge in [-0.05, 0) is 12.1 Å². The lowest BCUT2D eigenvalue weighted by molar-refractivity contribution is -0.133. The smallest absolute Gasteiger partial charge is 0.336 e. The largest absolute Gasteiger partial charge is 0.478 e. The number of carbonyl (C=O) groups is 2. The molecule has 1 aromatic carbocycles. The lowest BCUT2D eigenvalue weighted by atomic mass is 10.1. The van der Waals surface area contributed by atoms with Crippen molar-refractivity contribution in [2.75, 3.05) is 6.54 Å². The van der Waals surface area contributed by atoms with E-state index < -0.39 is 11.9 Å². The summed E-state index contributed by atoms with van der Waals surface area (Å²) in [6.45, 7) is 0.671. The molecule has 2 rings (SSSR count). The number of carboxylic acid groups (broad SMARTS) is 2. The summed E-state index contributed by atoms with van der Waals surface area (Å²) in [5.74, 6) is -2.52. The fourth-order valence-electron chi connectivity index (χ4n) is 1.59. The lowest BCUT2D eigenvalue weighted by Gasteiger charge is -1.99. The first-order valence-corrected chi connectivity index (χ1v) is 6.45. The van der Waals surface area contributed by atoms with Crippen molar-refractivity contribution < 1.29 is 19.8 Å². The minimum atomic E-state index is -1.27. The van der Waals surface area contributed by atoms with Gasteiger partial charge in [-0.15, -0.1) is 0 Å². The van der Waals surface area contributed by atoms with Gasteiger partial charge in [-0.2, -0.15) is 0 Å². The van der Waals surface area contributed by atoms with Crippen molar-refractivity contribution in [3.8, 4) is 0 Å².